The number of methoxy groups -OCH3 is 1. The van der Waals surface area contributed by atoms with E-state index in [-0.39, 0.29) is 24.0 Å². The van der Waals surface area contributed by atoms with E-state index in [1.165, 1.54) is 5.56 Å². The Morgan fingerprint density at radius 3 is 2.45 bits per heavy atom. The summed E-state index contributed by atoms with van der Waals surface area (Å²) in [4.78, 5) is 6.59. The zero-order valence-corrected chi connectivity index (χ0v) is 21.7. The van der Waals surface area contributed by atoms with E-state index in [2.05, 4.69) is 38.0 Å². The smallest absolute Gasteiger partial charge is 0.191 e. The Balaban J connectivity index is 0.00000480. The quantitative estimate of drug-likeness (QED) is 0.236. The van der Waals surface area contributed by atoms with Crippen LogP contribution in [0.5, 0.6) is 5.75 Å². The number of aliphatic hydroxyl groups is 1. The first kappa shape index (κ1) is 27.1. The third-order valence-electron chi connectivity index (χ3n) is 4.72. The second kappa shape index (κ2) is 12.8. The van der Waals surface area contributed by atoms with Crippen LogP contribution in [0.15, 0.2) is 29.3 Å². The Kier molecular flexibility index (Phi) is 11.2. The first-order valence-electron chi connectivity index (χ1n) is 10.1. The molecule has 1 aromatic heterocycles. The van der Waals surface area contributed by atoms with Crippen LogP contribution in [0.4, 0.5) is 0 Å². The van der Waals surface area contributed by atoms with Crippen LogP contribution in [-0.4, -0.2) is 77.2 Å². The van der Waals surface area contributed by atoms with E-state index < -0.39 is 5.60 Å². The van der Waals surface area contributed by atoms with Crippen LogP contribution in [0, 0.1) is 6.92 Å². The van der Waals surface area contributed by atoms with Crippen LogP contribution in [0.25, 0.3) is 0 Å². The number of guanidine groups is 1. The molecular formula is C21H36IN7O2. The normalized spacial score (nSPS) is 13.5. The molecule has 0 amide bonds. The minimum Gasteiger partial charge on any atom is -0.497 e. The standard InChI is InChI=1S/C21H35N7O2.HI/c1-16-25-26-19(28(16)5)13-23-20(24-14-21(2,29)15-27(3)4)22-12-11-17-7-9-18(30-6)10-8-17;/h7-10,29H,11-15H2,1-6H3,(H2,22,23,24);1H. The minimum absolute atomic E-state index is 0. The maximum absolute atomic E-state index is 10.6. The summed E-state index contributed by atoms with van der Waals surface area (Å²) in [5.74, 6) is 3.10. The maximum atomic E-state index is 10.6. The van der Waals surface area contributed by atoms with Gasteiger partial charge in [-0.3, -0.25) is 0 Å². The summed E-state index contributed by atoms with van der Waals surface area (Å²) in [7, 11) is 7.46. The number of halogens is 1. The average molecular weight is 545 g/mol. The first-order chi connectivity index (χ1) is 14.2. The van der Waals surface area contributed by atoms with E-state index in [1.54, 1.807) is 14.0 Å². The van der Waals surface area contributed by atoms with Gasteiger partial charge in [0.05, 0.1) is 12.7 Å². The molecule has 0 spiro atoms. The van der Waals surface area contributed by atoms with Crippen LogP contribution in [0.2, 0.25) is 0 Å². The van der Waals surface area contributed by atoms with Gasteiger partial charge in [-0.15, -0.1) is 34.2 Å². The summed E-state index contributed by atoms with van der Waals surface area (Å²) in [6.45, 7) is 5.72. The van der Waals surface area contributed by atoms with E-state index in [1.807, 2.05) is 49.7 Å². The molecule has 9 nitrogen and oxygen atoms in total. The van der Waals surface area contributed by atoms with Gasteiger partial charge in [0.2, 0.25) is 0 Å². The number of hydrogen-bond donors (Lipinski definition) is 3. The first-order valence-corrected chi connectivity index (χ1v) is 10.1. The van der Waals surface area contributed by atoms with Gasteiger partial charge in [-0.05, 0) is 52.1 Å². The van der Waals surface area contributed by atoms with E-state index in [4.69, 9.17) is 4.74 Å². The second-order valence-corrected chi connectivity index (χ2v) is 8.00. The van der Waals surface area contributed by atoms with E-state index in [0.717, 1.165) is 23.8 Å². The van der Waals surface area contributed by atoms with E-state index >= 15 is 0 Å². The fourth-order valence-corrected chi connectivity index (χ4v) is 3.04. The highest BCUT2D eigenvalue weighted by molar-refractivity contribution is 14.0. The van der Waals surface area contributed by atoms with Crippen molar-refractivity contribution in [1.29, 1.82) is 0 Å². The largest absolute Gasteiger partial charge is 0.497 e. The topological polar surface area (TPSA) is 99.8 Å². The Bertz CT molecular complexity index is 820. The lowest BCUT2D eigenvalue weighted by molar-refractivity contribution is 0.0377. The van der Waals surface area contributed by atoms with Gasteiger partial charge in [0.25, 0.3) is 0 Å². The fourth-order valence-electron chi connectivity index (χ4n) is 3.04. The summed E-state index contributed by atoms with van der Waals surface area (Å²) in [5.41, 5.74) is 0.315. The van der Waals surface area contributed by atoms with Crippen molar-refractivity contribution in [3.05, 3.63) is 41.5 Å². The molecule has 2 aromatic rings. The van der Waals surface area contributed by atoms with Crippen molar-refractivity contribution in [3.63, 3.8) is 0 Å². The molecule has 10 heteroatoms. The summed E-state index contributed by atoms with van der Waals surface area (Å²) >= 11 is 0. The van der Waals surface area contributed by atoms with Crippen LogP contribution < -0.4 is 15.4 Å². The molecule has 31 heavy (non-hydrogen) atoms. The molecule has 3 N–H and O–H groups in total. The minimum atomic E-state index is -0.886. The molecule has 1 unspecified atom stereocenters. The van der Waals surface area contributed by atoms with E-state index in [0.29, 0.717) is 32.1 Å². The zero-order chi connectivity index (χ0) is 22.1. The van der Waals surface area contributed by atoms with Crippen molar-refractivity contribution in [2.24, 2.45) is 12.0 Å². The van der Waals surface area contributed by atoms with Crippen molar-refractivity contribution in [2.45, 2.75) is 32.4 Å². The number of aliphatic imine (C=N–C) groups is 1. The monoisotopic (exact) mass is 545 g/mol. The molecule has 0 aliphatic carbocycles. The van der Waals surface area contributed by atoms with Crippen LogP contribution >= 0.6 is 24.0 Å². The number of benzene rings is 1. The van der Waals surface area contributed by atoms with Gasteiger partial charge in [-0.2, -0.15) is 0 Å². The third kappa shape index (κ3) is 9.40. The van der Waals surface area contributed by atoms with Gasteiger partial charge in [-0.25, -0.2) is 4.99 Å². The van der Waals surface area contributed by atoms with Crippen molar-refractivity contribution >= 4 is 29.9 Å². The van der Waals surface area contributed by atoms with Crippen molar-refractivity contribution in [1.82, 2.24) is 30.3 Å². The lowest BCUT2D eigenvalue weighted by Crippen LogP contribution is -2.50. The molecule has 0 radical (unpaired) electrons. The van der Waals surface area contributed by atoms with Gasteiger partial charge in [0.15, 0.2) is 11.8 Å². The average Bonchev–Trinajstić information content (AvgIpc) is 3.01. The number of nitrogens with zero attached hydrogens (tertiary/aromatic N) is 5. The number of hydrogen-bond acceptors (Lipinski definition) is 6. The molecule has 2 rings (SSSR count). The SMILES string of the molecule is COc1ccc(CCNC(=NCc2nnc(C)n2C)NCC(C)(O)CN(C)C)cc1.I. The molecule has 0 aliphatic rings. The zero-order valence-electron chi connectivity index (χ0n) is 19.3. The number of likely N-dealkylation sites (N-methyl/N-ethyl adjacent to an activating group) is 1. The van der Waals surface area contributed by atoms with Crippen molar-refractivity contribution < 1.29 is 9.84 Å². The van der Waals surface area contributed by atoms with Crippen molar-refractivity contribution in [3.8, 4) is 5.75 Å². The summed E-state index contributed by atoms with van der Waals surface area (Å²) in [6, 6.07) is 8.01. The highest BCUT2D eigenvalue weighted by Crippen LogP contribution is 2.11. The Labute approximate surface area is 202 Å². The van der Waals surface area contributed by atoms with Gasteiger partial charge < -0.3 is 29.9 Å². The number of nitrogens with one attached hydrogen (secondary N) is 2. The molecule has 174 valence electrons. The summed E-state index contributed by atoms with van der Waals surface area (Å²) in [5, 5.41) is 25.4. The predicted molar refractivity (Wildman–Crippen MR) is 134 cm³/mol. The molecule has 0 saturated carbocycles. The molecular weight excluding hydrogens is 509 g/mol. The van der Waals surface area contributed by atoms with Crippen LogP contribution in [0.3, 0.4) is 0 Å². The number of ether oxygens (including phenoxy) is 1. The second-order valence-electron chi connectivity index (χ2n) is 8.00. The fraction of sp³-hybridized carbons (Fsp3) is 0.571. The van der Waals surface area contributed by atoms with Gasteiger partial charge in [0, 0.05) is 26.7 Å². The number of aryl methyl sites for hydroxylation is 1. The van der Waals surface area contributed by atoms with Crippen LogP contribution in [-0.2, 0) is 20.0 Å². The highest BCUT2D eigenvalue weighted by Gasteiger charge is 2.21. The van der Waals surface area contributed by atoms with Crippen LogP contribution in [0.1, 0.15) is 24.1 Å². The van der Waals surface area contributed by atoms with E-state index in [9.17, 15) is 5.11 Å². The molecule has 0 fully saturated rings. The Morgan fingerprint density at radius 1 is 1.23 bits per heavy atom. The molecule has 1 atom stereocenters. The van der Waals surface area contributed by atoms with Gasteiger partial charge in [0.1, 0.15) is 18.1 Å². The van der Waals surface area contributed by atoms with Crippen molar-refractivity contribution in [2.75, 3.05) is 40.8 Å². The van der Waals surface area contributed by atoms with Gasteiger partial charge in [-0.1, -0.05) is 12.1 Å². The molecule has 0 bridgehead atoms. The summed E-state index contributed by atoms with van der Waals surface area (Å²) in [6.07, 6.45) is 0.835. The summed E-state index contributed by atoms with van der Waals surface area (Å²) < 4.78 is 7.12. The number of aromatic nitrogens is 3. The predicted octanol–water partition coefficient (Wildman–Crippen LogP) is 1.34. The van der Waals surface area contributed by atoms with Gasteiger partial charge >= 0.3 is 0 Å². The lowest BCUT2D eigenvalue weighted by atomic mass is 10.1. The Hall–Kier alpha value is -1.92. The third-order valence-corrected chi connectivity index (χ3v) is 4.72. The molecule has 1 heterocycles. The molecule has 1 aromatic carbocycles. The Morgan fingerprint density at radius 2 is 1.90 bits per heavy atom. The maximum Gasteiger partial charge on any atom is 0.191 e. The number of rotatable bonds is 10. The molecule has 0 aliphatic heterocycles. The lowest BCUT2D eigenvalue weighted by Gasteiger charge is -2.28. The highest BCUT2D eigenvalue weighted by atomic mass is 127. The molecule has 0 saturated heterocycles.